The molecule has 3 aliphatic rings. The van der Waals surface area contributed by atoms with Crippen molar-refractivity contribution < 1.29 is 120 Å². The maximum Gasteiger partial charge on any atom is 0.305 e. The van der Waals surface area contributed by atoms with Gasteiger partial charge in [-0.05, 0) is 206 Å². The van der Waals surface area contributed by atoms with Gasteiger partial charge in [0.25, 0.3) is 0 Å². The first-order valence-corrected chi connectivity index (χ1v) is 48.8. The Morgan fingerprint density at radius 3 is 1.94 bits per heavy atom. The fourth-order valence-corrected chi connectivity index (χ4v) is 17.6. The molecular weight excluding hydrogens is 1840 g/mol. The van der Waals surface area contributed by atoms with E-state index in [9.17, 15) is 87.5 Å². The maximum atomic E-state index is 15.7. The van der Waals surface area contributed by atoms with E-state index in [1.54, 1.807) is 18.3 Å². The minimum atomic E-state index is -2.12. The van der Waals surface area contributed by atoms with Crippen LogP contribution >= 0.6 is 0 Å². The molecule has 0 radical (unpaired) electrons. The van der Waals surface area contributed by atoms with E-state index < -0.39 is 193 Å². The number of azo groups is 1. The van der Waals surface area contributed by atoms with Crippen LogP contribution in [0.1, 0.15) is 202 Å². The molecule has 39 nitrogen and oxygen atoms in total. The van der Waals surface area contributed by atoms with E-state index in [4.69, 9.17) is 34.2 Å². The number of tetrazole rings is 1. The topological polar surface area (TPSA) is 581 Å². The predicted molar refractivity (Wildman–Crippen MR) is 514 cm³/mol. The first-order valence-electron chi connectivity index (χ1n) is 48.8. The lowest BCUT2D eigenvalue weighted by molar-refractivity contribution is -0.146. The summed E-state index contributed by atoms with van der Waals surface area (Å²) in [5.41, 5.74) is 11.4. The number of hydrogen-bond donors (Lipinski definition) is 13. The molecule has 1 unspecified atom stereocenters. The van der Waals surface area contributed by atoms with Gasteiger partial charge in [0.2, 0.25) is 41.4 Å². The lowest BCUT2D eigenvalue weighted by Gasteiger charge is -2.33. The van der Waals surface area contributed by atoms with Gasteiger partial charge in [-0.1, -0.05) is 96.9 Å². The van der Waals surface area contributed by atoms with E-state index >= 15 is 4.39 Å². The molecule has 4 aromatic carbocycles. The number of benzene rings is 4. The summed E-state index contributed by atoms with van der Waals surface area (Å²) >= 11 is 0. The number of aliphatic carboxylic acids is 1. The van der Waals surface area contributed by atoms with Crippen LogP contribution in [0.25, 0.3) is 11.1 Å². The number of nitrogens with zero attached hydrogens (tertiary/aromatic N) is 6. The van der Waals surface area contributed by atoms with E-state index in [0.29, 0.717) is 133 Å². The summed E-state index contributed by atoms with van der Waals surface area (Å²) in [5, 5.41) is 80.4. The second kappa shape index (κ2) is 56.9. The quantitative estimate of drug-likeness (QED) is 0.0104. The molecule has 14 N–H and O–H groups in total. The van der Waals surface area contributed by atoms with Gasteiger partial charge in [-0.25, -0.2) is 9.37 Å². The van der Waals surface area contributed by atoms with E-state index in [1.807, 2.05) is 69.3 Å². The second-order valence-electron chi connectivity index (χ2n) is 37.7. The molecule has 13 atom stereocenters. The average Bonchev–Trinajstić information content (AvgIpc) is 1.61. The fourth-order valence-electron chi connectivity index (χ4n) is 17.6. The van der Waals surface area contributed by atoms with Crippen LogP contribution in [0.3, 0.4) is 0 Å². The number of aryl methyl sites for hydroxylation is 4. The molecule has 9 rings (SSSR count). The van der Waals surface area contributed by atoms with Crippen molar-refractivity contribution in [2.24, 2.45) is 56.4 Å². The lowest BCUT2D eigenvalue weighted by Crippen LogP contribution is -2.55. The van der Waals surface area contributed by atoms with Gasteiger partial charge >= 0.3 is 17.9 Å². The highest BCUT2D eigenvalue weighted by atomic mass is 19.1. The standard InChI is InChI=1S/C102H138FN15O24/c1-9-67-49-74(140-38-14-10-11-21-91(129)141-44-43-139-42-41-138-40-39-137-37-16-22-92(130)142-59-78-76-29-27-70-56-108-114-80(70)32-31-77(76)78)28-30-75(67)68-25-23-65(24-26-68)48-71(96(132)109-81(95(104)131)20-15-17-66-46-61(2)45-62(3)47-66)50-85(123)83(53-90(127)128)110-97(133)72(58-119)51-86(124)93(63(4)120)113-100(136)102(8,54-69-18-12-13-19-79(69)103)55-87(125)94(64(5)121)112-89(126)34-33-84(122)82(52-88-115-117-118-116-88)111-99(135)101(6,7)98(134)106-36-35-73-57-105-60-107-73/h12-13,18-19,23-26,28,30,45-47,49,57,60,63-64,71-72,76-78,81-83,93-94,119-121H,9-11,14-17,20-22,27,29,31-44,48,50-56,58-59H2,1-8H3,(H2,104,131)(H,105,107)(H,106,134)(H,109,132)(H,110,133)(H,111,135)(H,112,126)(H,113,136)(H,127,128)(H,115,116,117,118)/t63-,64-,71-,72+,76-,77?,78-,81+,82+,83+,93+,94+,102-/m1/s1. The van der Waals surface area contributed by atoms with Crippen LogP contribution < -0.4 is 42.4 Å². The predicted octanol–water partition coefficient (Wildman–Crippen LogP) is 6.96. The van der Waals surface area contributed by atoms with Gasteiger partial charge in [0.1, 0.15) is 41.7 Å². The minimum Gasteiger partial charge on any atom is -0.494 e. The molecule has 0 spiro atoms. The van der Waals surface area contributed by atoms with Crippen molar-refractivity contribution in [3.05, 3.63) is 159 Å². The number of nitrogens with two attached hydrogens (primary N) is 1. The number of carbonyl (C=O) groups excluding carboxylic acids is 13. The zero-order valence-electron chi connectivity index (χ0n) is 82.2. The highest BCUT2D eigenvalue weighted by Gasteiger charge is 2.51. The number of rotatable bonds is 66. The second-order valence-corrected chi connectivity index (χ2v) is 37.7. The number of amides is 7. The number of aliphatic hydroxyl groups excluding tert-OH is 3. The number of carboxylic acids is 1. The van der Waals surface area contributed by atoms with Crippen molar-refractivity contribution in [2.75, 3.05) is 79.2 Å². The Bertz CT molecular complexity index is 5280. The number of aromatic nitrogens is 6. The monoisotopic (exact) mass is 1980 g/mol. The number of ketones is 4. The Kier molecular flexibility index (Phi) is 45.2. The summed E-state index contributed by atoms with van der Waals surface area (Å²) in [6.45, 7) is 14.7. The molecule has 2 aliphatic carbocycles. The van der Waals surface area contributed by atoms with Crippen LogP contribution in [0.5, 0.6) is 5.75 Å². The van der Waals surface area contributed by atoms with Gasteiger partial charge in [-0.3, -0.25) is 67.1 Å². The van der Waals surface area contributed by atoms with Gasteiger partial charge in [-0.15, -0.1) is 10.2 Å². The van der Waals surface area contributed by atoms with Crippen molar-refractivity contribution >= 4 is 82.4 Å². The summed E-state index contributed by atoms with van der Waals surface area (Å²) in [6, 6.07) is 15.6. The van der Waals surface area contributed by atoms with Crippen LogP contribution in [0.15, 0.2) is 119 Å². The number of hydrogen-bond acceptors (Lipinski definition) is 29. The third-order valence-electron chi connectivity index (χ3n) is 25.9. The number of carbonyl (C=O) groups is 14. The van der Waals surface area contributed by atoms with E-state index in [0.717, 1.165) is 91.2 Å². The molecule has 1 aliphatic heterocycles. The van der Waals surface area contributed by atoms with Crippen LogP contribution in [-0.4, -0.2) is 255 Å². The molecule has 0 bridgehead atoms. The Hall–Kier alpha value is -12.6. The number of fused-ring (bicyclic) bond motifs is 1. The SMILES string of the molecule is CCc1cc(OCCCCCC(=O)OCCOCCOCCOCCCC(=O)OC[C@H]2C3CCC4=C(CC[C@H]32)CN=N4)ccc1-c1ccc(C[C@H](CC(=O)[C@H](CC(=O)O)NC(=O)[C@H](CO)CC(=O)[C@@H](NC(=O)[C@@](C)(CC(=O)[C@@H](NC(=O)CCC(=O)[C@H](Cc2nn[nH]n2)NC(=O)C(C)(C)C(=O)NCCc2cnc[nH]2)[C@@H](C)O)Cc2ccccc2F)[C@@H](C)O)C(=O)N[C@@H](CCCc2cc(C)cc(C)c2)C(N)=O)cc1. The number of aromatic amines is 2. The Labute approximate surface area is 825 Å². The third-order valence-corrected chi connectivity index (χ3v) is 25.9. The number of primary amides is 1. The molecule has 142 heavy (non-hydrogen) atoms. The average molecular weight is 1980 g/mol. The number of unbranched alkanes of at least 4 members (excludes halogenated alkanes) is 2. The summed E-state index contributed by atoms with van der Waals surface area (Å²) in [6.07, 6.45) is 2.68. The van der Waals surface area contributed by atoms with Gasteiger partial charge in [-0.2, -0.15) is 15.4 Å². The largest absolute Gasteiger partial charge is 0.494 e. The molecule has 0 saturated heterocycles. The smallest absolute Gasteiger partial charge is 0.305 e. The minimum absolute atomic E-state index is 0.0184. The molecule has 7 amide bonds. The zero-order chi connectivity index (χ0) is 103. The molecular formula is C102H138FN15O24. The molecule has 2 aromatic heterocycles. The first-order chi connectivity index (χ1) is 67.9. The van der Waals surface area contributed by atoms with Crippen LogP contribution in [0.4, 0.5) is 4.39 Å². The number of imidazole rings is 1. The van der Waals surface area contributed by atoms with Gasteiger partial charge in [0.05, 0.1) is 113 Å². The number of nitrogens with one attached hydrogen (secondary N) is 8. The van der Waals surface area contributed by atoms with Crippen LogP contribution in [0.2, 0.25) is 0 Å². The number of ether oxygens (including phenoxy) is 6. The van der Waals surface area contributed by atoms with E-state index in [2.05, 4.69) is 72.7 Å². The molecule has 1 fully saturated rings. The van der Waals surface area contributed by atoms with Gasteiger partial charge in [0, 0.05) is 88.7 Å². The van der Waals surface area contributed by atoms with Crippen molar-refractivity contribution in [3.8, 4) is 16.9 Å². The number of H-pyrrole nitrogens is 2. The summed E-state index contributed by atoms with van der Waals surface area (Å²) in [7, 11) is 0. The van der Waals surface area contributed by atoms with Crippen molar-refractivity contribution in [1.29, 1.82) is 0 Å². The number of allylic oxidation sites excluding steroid dienone is 1. The number of esters is 2. The number of halogens is 1. The highest BCUT2D eigenvalue weighted by molar-refractivity contribution is 6.06. The van der Waals surface area contributed by atoms with Crippen molar-refractivity contribution in [1.82, 2.24) is 62.5 Å². The Morgan fingerprint density at radius 1 is 0.613 bits per heavy atom. The molecule has 772 valence electrons. The summed E-state index contributed by atoms with van der Waals surface area (Å²) in [4.78, 5) is 200. The number of carboxylic acid groups (broad SMARTS) is 1. The molecule has 40 heteroatoms. The molecule has 6 aromatic rings. The Balaban J connectivity index is 0.755. The van der Waals surface area contributed by atoms with Crippen LogP contribution in [-0.2, 0) is 129 Å². The fraction of sp³-hybridized carbons (Fsp3) is 0.569. The zero-order valence-corrected chi connectivity index (χ0v) is 82.2. The van der Waals surface area contributed by atoms with Gasteiger partial charge < -0.3 is 91.5 Å². The Morgan fingerprint density at radius 2 is 1.27 bits per heavy atom. The normalized spacial score (nSPS) is 16.7. The molecule has 3 heterocycles. The summed E-state index contributed by atoms with van der Waals surface area (Å²) in [5.74, 6) is -14.3. The van der Waals surface area contributed by atoms with Crippen LogP contribution in [0, 0.1) is 60.1 Å². The van der Waals surface area contributed by atoms with Crippen molar-refractivity contribution in [2.45, 2.75) is 252 Å². The number of aliphatic hydroxyl groups is 3. The van der Waals surface area contributed by atoms with Crippen molar-refractivity contribution in [3.63, 3.8) is 0 Å². The highest BCUT2D eigenvalue weighted by Crippen LogP contribution is 2.55. The summed E-state index contributed by atoms with van der Waals surface area (Å²) < 4.78 is 49.5. The third kappa shape index (κ3) is 36.4. The number of Topliss-reactive ketones (excluding diaryl/α,β-unsaturated/α-hetero) is 4. The van der Waals surface area contributed by atoms with E-state index in [1.165, 1.54) is 56.6 Å². The first kappa shape index (κ1) is 113. The van der Waals surface area contributed by atoms with E-state index in [-0.39, 0.29) is 68.8 Å². The maximum absolute atomic E-state index is 15.7. The lowest BCUT2D eigenvalue weighted by atomic mass is 9.76. The molecule has 1 saturated carbocycles. The van der Waals surface area contributed by atoms with Gasteiger partial charge in [0.15, 0.2) is 29.0 Å².